The maximum Gasteiger partial charge on any atom is 0.136 e. The van der Waals surface area contributed by atoms with Gasteiger partial charge in [-0.25, -0.2) is 4.98 Å². The second-order valence-corrected chi connectivity index (χ2v) is 7.00. The standard InChI is InChI=1S/C21H22N4O/c1-14-5-4-8-19-21(14)24-20-13-26-12-16(25(19)20)11-22-9-15-10-23-18-7-3-2-6-17(15)18/h2-8,10,16,22-23H,9,11-13H2,1H3/t16-/m0/s1. The summed E-state index contributed by atoms with van der Waals surface area (Å²) in [7, 11) is 0. The van der Waals surface area contributed by atoms with Crippen molar-refractivity contribution < 1.29 is 4.74 Å². The molecular formula is C21H22N4O. The predicted molar refractivity (Wildman–Crippen MR) is 103 cm³/mol. The predicted octanol–water partition coefficient (Wildman–Crippen LogP) is 3.69. The van der Waals surface area contributed by atoms with Crippen molar-refractivity contribution in [3.8, 4) is 0 Å². The number of fused-ring (bicyclic) bond motifs is 4. The van der Waals surface area contributed by atoms with Gasteiger partial charge in [0.25, 0.3) is 0 Å². The number of benzene rings is 2. The number of hydrogen-bond acceptors (Lipinski definition) is 3. The van der Waals surface area contributed by atoms with E-state index in [0.717, 1.165) is 24.4 Å². The summed E-state index contributed by atoms with van der Waals surface area (Å²) >= 11 is 0. The Hall–Kier alpha value is -2.63. The van der Waals surface area contributed by atoms with Crippen LogP contribution in [-0.4, -0.2) is 27.7 Å². The van der Waals surface area contributed by atoms with Crippen LogP contribution >= 0.6 is 0 Å². The minimum Gasteiger partial charge on any atom is -0.371 e. The molecule has 0 saturated heterocycles. The summed E-state index contributed by atoms with van der Waals surface area (Å²) < 4.78 is 8.16. The number of nitrogens with one attached hydrogen (secondary N) is 2. The Morgan fingerprint density at radius 1 is 1.23 bits per heavy atom. The molecule has 0 radical (unpaired) electrons. The Labute approximate surface area is 152 Å². The third-order valence-electron chi connectivity index (χ3n) is 5.27. The monoisotopic (exact) mass is 346 g/mol. The van der Waals surface area contributed by atoms with Gasteiger partial charge in [0.05, 0.1) is 23.7 Å². The van der Waals surface area contributed by atoms with Crippen LogP contribution in [-0.2, 0) is 17.9 Å². The fraction of sp³-hybridized carbons (Fsp3) is 0.286. The highest BCUT2D eigenvalue weighted by Gasteiger charge is 2.24. The van der Waals surface area contributed by atoms with Crippen molar-refractivity contribution in [2.75, 3.05) is 13.2 Å². The highest BCUT2D eigenvalue weighted by Crippen LogP contribution is 2.27. The Balaban J connectivity index is 1.37. The lowest BCUT2D eigenvalue weighted by Crippen LogP contribution is -2.32. The van der Waals surface area contributed by atoms with E-state index in [1.165, 1.54) is 27.5 Å². The van der Waals surface area contributed by atoms with Crippen LogP contribution in [0.3, 0.4) is 0 Å². The molecule has 5 nitrogen and oxygen atoms in total. The van der Waals surface area contributed by atoms with Crippen LogP contribution in [0.2, 0.25) is 0 Å². The molecule has 132 valence electrons. The minimum absolute atomic E-state index is 0.260. The van der Waals surface area contributed by atoms with Gasteiger partial charge >= 0.3 is 0 Å². The normalized spacial score (nSPS) is 17.0. The molecule has 0 amide bonds. The van der Waals surface area contributed by atoms with Gasteiger partial charge in [0, 0.05) is 30.2 Å². The van der Waals surface area contributed by atoms with Crippen molar-refractivity contribution in [3.63, 3.8) is 0 Å². The first-order chi connectivity index (χ1) is 12.8. The number of aryl methyl sites for hydroxylation is 1. The number of nitrogens with zero attached hydrogens (tertiary/aromatic N) is 2. The lowest BCUT2D eigenvalue weighted by molar-refractivity contribution is 0.0564. The first kappa shape index (κ1) is 15.6. The maximum absolute atomic E-state index is 5.81. The maximum atomic E-state index is 5.81. The topological polar surface area (TPSA) is 54.9 Å². The first-order valence-electron chi connectivity index (χ1n) is 9.11. The van der Waals surface area contributed by atoms with Gasteiger partial charge in [-0.15, -0.1) is 0 Å². The van der Waals surface area contributed by atoms with E-state index in [1.807, 2.05) is 0 Å². The molecule has 2 aromatic heterocycles. The van der Waals surface area contributed by atoms with Gasteiger partial charge < -0.3 is 19.6 Å². The van der Waals surface area contributed by atoms with Crippen LogP contribution in [0.4, 0.5) is 0 Å². The van der Waals surface area contributed by atoms with E-state index in [4.69, 9.17) is 9.72 Å². The van der Waals surface area contributed by atoms with Crippen LogP contribution < -0.4 is 5.32 Å². The van der Waals surface area contributed by atoms with Crippen LogP contribution in [0, 0.1) is 6.92 Å². The van der Waals surface area contributed by atoms with E-state index in [0.29, 0.717) is 13.2 Å². The number of ether oxygens (including phenoxy) is 1. The second-order valence-electron chi connectivity index (χ2n) is 7.00. The molecule has 2 N–H and O–H groups in total. The highest BCUT2D eigenvalue weighted by atomic mass is 16.5. The van der Waals surface area contributed by atoms with Gasteiger partial charge in [-0.3, -0.25) is 0 Å². The number of para-hydroxylation sites is 2. The number of rotatable bonds is 4. The fourth-order valence-corrected chi connectivity index (χ4v) is 3.98. The summed E-state index contributed by atoms with van der Waals surface area (Å²) in [6, 6.07) is 15.1. The van der Waals surface area contributed by atoms with Crippen LogP contribution in [0.25, 0.3) is 21.9 Å². The van der Waals surface area contributed by atoms with E-state index >= 15 is 0 Å². The Morgan fingerprint density at radius 2 is 2.15 bits per heavy atom. The molecule has 1 aliphatic heterocycles. The quantitative estimate of drug-likeness (QED) is 0.593. The van der Waals surface area contributed by atoms with Gasteiger partial charge in [-0.1, -0.05) is 30.3 Å². The molecule has 2 aromatic carbocycles. The molecule has 4 aromatic rings. The molecule has 1 aliphatic rings. The fourth-order valence-electron chi connectivity index (χ4n) is 3.98. The third kappa shape index (κ3) is 2.52. The molecular weight excluding hydrogens is 324 g/mol. The summed E-state index contributed by atoms with van der Waals surface area (Å²) in [5.41, 5.74) is 6.00. The van der Waals surface area contributed by atoms with E-state index in [1.54, 1.807) is 0 Å². The summed E-state index contributed by atoms with van der Waals surface area (Å²) in [6.07, 6.45) is 2.09. The van der Waals surface area contributed by atoms with Crippen molar-refractivity contribution in [3.05, 3.63) is 65.6 Å². The summed E-state index contributed by atoms with van der Waals surface area (Å²) in [5, 5.41) is 4.89. The van der Waals surface area contributed by atoms with Gasteiger partial charge in [0.2, 0.25) is 0 Å². The van der Waals surface area contributed by atoms with Crippen molar-refractivity contribution in [2.24, 2.45) is 0 Å². The van der Waals surface area contributed by atoms with Crippen molar-refractivity contribution in [1.82, 2.24) is 19.9 Å². The van der Waals surface area contributed by atoms with Crippen LogP contribution in [0.1, 0.15) is 23.0 Å². The van der Waals surface area contributed by atoms with Gasteiger partial charge in [0.15, 0.2) is 0 Å². The van der Waals surface area contributed by atoms with Crippen molar-refractivity contribution in [2.45, 2.75) is 26.1 Å². The van der Waals surface area contributed by atoms with Crippen molar-refractivity contribution in [1.29, 1.82) is 0 Å². The molecule has 0 spiro atoms. The Kier molecular flexibility index (Phi) is 3.76. The van der Waals surface area contributed by atoms with Crippen LogP contribution in [0.5, 0.6) is 0 Å². The molecule has 0 fully saturated rings. The van der Waals surface area contributed by atoms with Crippen LogP contribution in [0.15, 0.2) is 48.7 Å². The van der Waals surface area contributed by atoms with E-state index in [-0.39, 0.29) is 6.04 Å². The molecule has 26 heavy (non-hydrogen) atoms. The minimum atomic E-state index is 0.260. The number of aromatic amines is 1. The molecule has 5 heteroatoms. The largest absolute Gasteiger partial charge is 0.371 e. The SMILES string of the molecule is Cc1cccc2c1nc1n2[C@@H](CNCc2c[nH]c3ccccc23)COC1. The lowest BCUT2D eigenvalue weighted by atomic mass is 10.1. The lowest BCUT2D eigenvalue weighted by Gasteiger charge is -2.26. The van der Waals surface area contributed by atoms with E-state index < -0.39 is 0 Å². The summed E-state index contributed by atoms with van der Waals surface area (Å²) in [5.74, 6) is 1.03. The van der Waals surface area contributed by atoms with Gasteiger partial charge in [-0.2, -0.15) is 0 Å². The first-order valence-corrected chi connectivity index (χ1v) is 9.11. The van der Waals surface area contributed by atoms with Crippen molar-refractivity contribution >= 4 is 21.9 Å². The number of H-pyrrole nitrogens is 1. The zero-order valence-corrected chi connectivity index (χ0v) is 14.8. The summed E-state index contributed by atoms with van der Waals surface area (Å²) in [4.78, 5) is 8.15. The summed E-state index contributed by atoms with van der Waals surface area (Å²) in [6.45, 7) is 5.11. The average molecular weight is 346 g/mol. The molecule has 3 heterocycles. The molecule has 1 atom stereocenters. The molecule has 0 saturated carbocycles. The molecule has 0 unspecified atom stereocenters. The van der Waals surface area contributed by atoms with Gasteiger partial charge in [-0.05, 0) is 30.2 Å². The van der Waals surface area contributed by atoms with E-state index in [2.05, 4.69) is 70.5 Å². The number of imidazole rings is 1. The highest BCUT2D eigenvalue weighted by molar-refractivity contribution is 5.83. The molecule has 5 rings (SSSR count). The number of hydrogen-bond donors (Lipinski definition) is 2. The van der Waals surface area contributed by atoms with E-state index in [9.17, 15) is 0 Å². The Bertz CT molecular complexity index is 1080. The smallest absolute Gasteiger partial charge is 0.136 e. The average Bonchev–Trinajstić information content (AvgIpc) is 3.25. The zero-order valence-electron chi connectivity index (χ0n) is 14.8. The molecule has 0 bridgehead atoms. The van der Waals surface area contributed by atoms with Gasteiger partial charge in [0.1, 0.15) is 12.4 Å². The second kappa shape index (κ2) is 6.27. The molecule has 0 aliphatic carbocycles. The Morgan fingerprint density at radius 3 is 3.12 bits per heavy atom. The zero-order chi connectivity index (χ0) is 17.5. The third-order valence-corrected chi connectivity index (χ3v) is 5.27. The number of aromatic nitrogens is 3.